The summed E-state index contributed by atoms with van der Waals surface area (Å²) in [5.41, 5.74) is 0. The maximum Gasteiger partial charge on any atom is 0.471 e. The van der Waals surface area contributed by atoms with Crippen LogP contribution in [0.25, 0.3) is 0 Å². The van der Waals surface area contributed by atoms with Crippen LogP contribution in [0.5, 0.6) is 0 Å². The molecule has 0 aromatic carbocycles. The van der Waals surface area contributed by atoms with Gasteiger partial charge in [0.05, 0.1) is 6.10 Å². The van der Waals surface area contributed by atoms with Crippen molar-refractivity contribution < 1.29 is 89.6 Å². The Morgan fingerprint density at radius 1 is 0.630 bits per heavy atom. The summed E-state index contributed by atoms with van der Waals surface area (Å²) >= 11 is 0. The standard InChI is InChI=1S/C8H5F11O3.C8H11F5O.5C2H4/c1-3(9)21-8(18,19)5(12,6(13,14)15)22-7(16,17)4(10,11)2-20;1-5(14-3)4-7(10,11)8(12,13)6(2)9;5*1-2/h20H,1-2H2;5H,2,4H2,1,3H3;5*1-2H2. The van der Waals surface area contributed by atoms with Crippen molar-refractivity contribution in [2.45, 2.75) is 61.5 Å². The molecule has 46 heavy (non-hydrogen) atoms. The lowest BCUT2D eigenvalue weighted by Crippen LogP contribution is -2.63. The number of rotatable bonds is 12. The van der Waals surface area contributed by atoms with Crippen LogP contribution in [0, 0.1) is 0 Å². The molecule has 0 heterocycles. The second-order valence-electron chi connectivity index (χ2n) is 6.48. The van der Waals surface area contributed by atoms with Crippen molar-refractivity contribution in [3.05, 3.63) is 90.8 Å². The molecule has 1 N–H and O–H groups in total. The molecule has 2 unspecified atom stereocenters. The fourth-order valence-corrected chi connectivity index (χ4v) is 1.60. The Morgan fingerprint density at radius 2 is 0.957 bits per heavy atom. The third-order valence-corrected chi connectivity index (χ3v) is 3.62. The molecule has 0 bridgehead atoms. The smallest absolute Gasteiger partial charge is 0.402 e. The van der Waals surface area contributed by atoms with Gasteiger partial charge in [-0.2, -0.15) is 65.9 Å². The fraction of sp³-hybridized carbons (Fsp3) is 0.462. The van der Waals surface area contributed by atoms with E-state index in [9.17, 15) is 70.2 Å². The zero-order valence-electron chi connectivity index (χ0n) is 24.7. The molecule has 4 nitrogen and oxygen atoms in total. The molecule has 0 rings (SSSR count). The van der Waals surface area contributed by atoms with Gasteiger partial charge >= 0.3 is 42.0 Å². The third-order valence-electron chi connectivity index (χ3n) is 3.62. The van der Waals surface area contributed by atoms with Gasteiger partial charge in [0.2, 0.25) is 0 Å². The van der Waals surface area contributed by atoms with Crippen LogP contribution in [0.2, 0.25) is 0 Å². The van der Waals surface area contributed by atoms with Gasteiger partial charge in [0.15, 0.2) is 5.83 Å². The van der Waals surface area contributed by atoms with Gasteiger partial charge in [0, 0.05) is 13.5 Å². The molecule has 0 saturated heterocycles. The molecule has 0 amide bonds. The third kappa shape index (κ3) is 18.0. The van der Waals surface area contributed by atoms with Crippen molar-refractivity contribution in [2.75, 3.05) is 13.7 Å². The minimum atomic E-state index is -7.07. The van der Waals surface area contributed by atoms with Gasteiger partial charge < -0.3 is 14.6 Å². The molecule has 0 radical (unpaired) electrons. The zero-order valence-corrected chi connectivity index (χ0v) is 24.7. The molecule has 0 aliphatic carbocycles. The van der Waals surface area contributed by atoms with Gasteiger partial charge in [-0.15, -0.1) is 65.8 Å². The minimum absolute atomic E-state index is 1.09. The Hall–Kier alpha value is -3.26. The van der Waals surface area contributed by atoms with Gasteiger partial charge in [-0.1, -0.05) is 6.58 Å². The van der Waals surface area contributed by atoms with Crippen LogP contribution in [0.15, 0.2) is 90.8 Å². The summed E-state index contributed by atoms with van der Waals surface area (Å²) in [6.07, 6.45) is -22.5. The number of alkyl halides is 14. The maximum atomic E-state index is 13.3. The lowest BCUT2D eigenvalue weighted by Gasteiger charge is -2.36. The van der Waals surface area contributed by atoms with Crippen LogP contribution in [0.3, 0.4) is 0 Å². The molecule has 2 atom stereocenters. The number of hydrogen-bond donors (Lipinski definition) is 1. The predicted molar refractivity (Wildman–Crippen MR) is 142 cm³/mol. The fourth-order valence-electron chi connectivity index (χ4n) is 1.60. The summed E-state index contributed by atoms with van der Waals surface area (Å²) in [6.45, 7) is 32.4. The molecule has 0 spiro atoms. The van der Waals surface area contributed by atoms with E-state index in [4.69, 9.17) is 5.11 Å². The summed E-state index contributed by atoms with van der Waals surface area (Å²) in [6, 6.07) is -2.75. The molecule has 0 aliphatic rings. The van der Waals surface area contributed by atoms with Gasteiger partial charge in [0.25, 0.3) is 6.01 Å². The number of halogens is 16. The Labute approximate surface area is 256 Å². The summed E-state index contributed by atoms with van der Waals surface area (Å²) < 4.78 is 209. The monoisotopic (exact) mass is 716 g/mol. The second kappa shape index (κ2) is 24.9. The van der Waals surface area contributed by atoms with Gasteiger partial charge in [-0.25, -0.2) is 4.39 Å². The average Bonchev–Trinajstić information content (AvgIpc) is 2.96. The molecule has 0 saturated carbocycles. The Kier molecular flexibility index (Phi) is 31.6. The first-order valence-corrected chi connectivity index (χ1v) is 11.0. The zero-order chi connectivity index (χ0) is 39.8. The maximum absolute atomic E-state index is 13.3. The Morgan fingerprint density at radius 3 is 1.17 bits per heavy atom. The number of hydrogen-bond acceptors (Lipinski definition) is 4. The van der Waals surface area contributed by atoms with Crippen molar-refractivity contribution in [1.82, 2.24) is 0 Å². The quantitative estimate of drug-likeness (QED) is 0.124. The van der Waals surface area contributed by atoms with Crippen LogP contribution >= 0.6 is 0 Å². The van der Waals surface area contributed by atoms with Crippen molar-refractivity contribution in [1.29, 1.82) is 0 Å². The highest BCUT2D eigenvalue weighted by Gasteiger charge is 2.80. The SMILES string of the molecule is C=C.C=C.C=C.C=C.C=C.C=C(F)C(F)(F)C(F)(F)CC(C)OC.C=C(F)OC(F)(F)C(F)(OC(F)(F)C(F)(F)CO)C(F)(F)F. The minimum Gasteiger partial charge on any atom is -0.402 e. The van der Waals surface area contributed by atoms with Crippen molar-refractivity contribution in [3.8, 4) is 0 Å². The molecule has 20 heteroatoms. The van der Waals surface area contributed by atoms with Crippen LogP contribution < -0.4 is 0 Å². The highest BCUT2D eigenvalue weighted by Crippen LogP contribution is 2.52. The topological polar surface area (TPSA) is 47.9 Å². The van der Waals surface area contributed by atoms with Crippen molar-refractivity contribution in [3.63, 3.8) is 0 Å². The summed E-state index contributed by atoms with van der Waals surface area (Å²) in [7, 11) is 1.10. The van der Waals surface area contributed by atoms with E-state index in [1.165, 1.54) is 6.92 Å². The largest absolute Gasteiger partial charge is 0.471 e. The molecule has 0 aromatic heterocycles. The molecular weight excluding hydrogens is 680 g/mol. The number of aliphatic hydroxyl groups is 1. The van der Waals surface area contributed by atoms with E-state index >= 15 is 0 Å². The molecular formula is C26H36F16O4. The van der Waals surface area contributed by atoms with E-state index < -0.39 is 73.0 Å². The number of allylic oxidation sites excluding steroid dienone is 1. The van der Waals surface area contributed by atoms with Gasteiger partial charge in [0.1, 0.15) is 6.61 Å². The van der Waals surface area contributed by atoms with E-state index in [1.807, 2.05) is 11.3 Å². The van der Waals surface area contributed by atoms with Crippen molar-refractivity contribution >= 4 is 0 Å². The Balaban J connectivity index is -0.000000109. The van der Waals surface area contributed by atoms with Gasteiger partial charge in [-0.3, -0.25) is 4.74 Å². The normalized spacial score (nSPS) is 13.3. The average molecular weight is 717 g/mol. The molecule has 0 fully saturated rings. The van der Waals surface area contributed by atoms with Crippen LogP contribution in [0.1, 0.15) is 13.3 Å². The molecule has 0 aliphatic heterocycles. The van der Waals surface area contributed by atoms with Crippen LogP contribution in [-0.2, 0) is 14.2 Å². The second-order valence-corrected chi connectivity index (χ2v) is 6.48. The summed E-state index contributed by atoms with van der Waals surface area (Å²) in [5.74, 6) is -24.4. The highest BCUT2D eigenvalue weighted by atomic mass is 19.4. The van der Waals surface area contributed by atoms with E-state index in [-0.39, 0.29) is 0 Å². The lowest BCUT2D eigenvalue weighted by atomic mass is 10.0. The molecule has 276 valence electrons. The van der Waals surface area contributed by atoms with Crippen LogP contribution in [-0.4, -0.2) is 66.9 Å². The lowest BCUT2D eigenvalue weighted by molar-refractivity contribution is -0.517. The first-order valence-electron chi connectivity index (χ1n) is 11.0. The van der Waals surface area contributed by atoms with Crippen LogP contribution in [0.4, 0.5) is 70.2 Å². The van der Waals surface area contributed by atoms with E-state index in [1.54, 1.807) is 0 Å². The Bertz CT molecular complexity index is 824. The van der Waals surface area contributed by atoms with E-state index in [2.05, 4.69) is 81.8 Å². The number of methoxy groups -OCH3 is 1. The number of aliphatic hydroxyl groups excluding tert-OH is 1. The molecule has 0 aromatic rings. The van der Waals surface area contributed by atoms with Crippen molar-refractivity contribution in [2.24, 2.45) is 0 Å². The summed E-state index contributed by atoms with van der Waals surface area (Å²) in [5, 5.41) is 7.87. The van der Waals surface area contributed by atoms with Gasteiger partial charge in [-0.05, 0) is 13.5 Å². The number of ether oxygens (including phenoxy) is 3. The first-order chi connectivity index (χ1) is 20.6. The first kappa shape index (κ1) is 58.3. The van der Waals surface area contributed by atoms with E-state index in [0.717, 1.165) is 7.11 Å². The highest BCUT2D eigenvalue weighted by molar-refractivity contribution is 5.06. The predicted octanol–water partition coefficient (Wildman–Crippen LogP) is 10.7. The van der Waals surface area contributed by atoms with E-state index in [0.29, 0.717) is 0 Å². The summed E-state index contributed by atoms with van der Waals surface area (Å²) in [4.78, 5) is 0.